The number of nitrogens with one attached hydrogen (secondary N) is 2. The first-order chi connectivity index (χ1) is 7.50. The third kappa shape index (κ3) is 3.79. The first-order valence-electron chi connectivity index (χ1n) is 5.44. The van der Waals surface area contributed by atoms with Crippen LogP contribution in [0, 0.1) is 0 Å². The smallest absolute Gasteiger partial charge is 0.241 e. The third-order valence-corrected chi connectivity index (χ3v) is 2.57. The lowest BCUT2D eigenvalue weighted by atomic mass is 10.2. The van der Waals surface area contributed by atoms with Crippen molar-refractivity contribution < 1.29 is 14.7 Å². The number of rotatable bonds is 4. The molecule has 92 valence electrons. The van der Waals surface area contributed by atoms with Crippen molar-refractivity contribution in [1.82, 2.24) is 15.5 Å². The molecule has 2 unspecified atom stereocenters. The first kappa shape index (κ1) is 12.9. The van der Waals surface area contributed by atoms with Gasteiger partial charge in [0.1, 0.15) is 6.04 Å². The van der Waals surface area contributed by atoms with E-state index in [2.05, 4.69) is 10.6 Å². The Bertz CT molecular complexity index is 258. The minimum atomic E-state index is -0.408. The normalized spacial score (nSPS) is 22.4. The van der Waals surface area contributed by atoms with Gasteiger partial charge >= 0.3 is 0 Å². The molecule has 6 heteroatoms. The SMILES string of the molecule is CC(O)CCN(C)C(=O)C1CNC(=O)CN1. The van der Waals surface area contributed by atoms with Crippen LogP contribution in [0.2, 0.25) is 0 Å². The Morgan fingerprint density at radius 2 is 2.38 bits per heavy atom. The van der Waals surface area contributed by atoms with Crippen LogP contribution in [0.15, 0.2) is 0 Å². The van der Waals surface area contributed by atoms with E-state index in [9.17, 15) is 9.59 Å². The fourth-order valence-corrected chi connectivity index (χ4v) is 1.50. The summed E-state index contributed by atoms with van der Waals surface area (Å²) in [6, 6.07) is -0.350. The molecule has 0 spiro atoms. The van der Waals surface area contributed by atoms with Gasteiger partial charge in [-0.2, -0.15) is 0 Å². The lowest BCUT2D eigenvalue weighted by molar-refractivity contribution is -0.133. The average molecular weight is 229 g/mol. The monoisotopic (exact) mass is 229 g/mol. The molecule has 16 heavy (non-hydrogen) atoms. The second-order valence-corrected chi connectivity index (χ2v) is 4.14. The maximum absolute atomic E-state index is 11.8. The Morgan fingerprint density at radius 3 is 2.88 bits per heavy atom. The topological polar surface area (TPSA) is 81.7 Å². The third-order valence-electron chi connectivity index (χ3n) is 2.57. The van der Waals surface area contributed by atoms with Crippen LogP contribution in [0.4, 0.5) is 0 Å². The number of aliphatic hydroxyl groups excluding tert-OH is 1. The van der Waals surface area contributed by atoms with Gasteiger partial charge in [0.05, 0.1) is 12.6 Å². The Morgan fingerprint density at radius 1 is 1.69 bits per heavy atom. The minimum absolute atomic E-state index is 0.0550. The van der Waals surface area contributed by atoms with Crippen LogP contribution in [-0.4, -0.2) is 60.6 Å². The highest BCUT2D eigenvalue weighted by Crippen LogP contribution is 1.98. The zero-order valence-electron chi connectivity index (χ0n) is 9.69. The van der Waals surface area contributed by atoms with Crippen molar-refractivity contribution in [3.63, 3.8) is 0 Å². The van der Waals surface area contributed by atoms with E-state index in [1.807, 2.05) is 0 Å². The van der Waals surface area contributed by atoms with Gasteiger partial charge in [0.15, 0.2) is 0 Å². The van der Waals surface area contributed by atoms with E-state index in [1.165, 1.54) is 0 Å². The van der Waals surface area contributed by atoms with E-state index in [-0.39, 0.29) is 24.4 Å². The van der Waals surface area contributed by atoms with Crippen molar-refractivity contribution >= 4 is 11.8 Å². The van der Waals surface area contributed by atoms with Crippen LogP contribution < -0.4 is 10.6 Å². The van der Waals surface area contributed by atoms with Gasteiger partial charge in [-0.3, -0.25) is 14.9 Å². The summed E-state index contributed by atoms with van der Waals surface area (Å²) >= 11 is 0. The molecule has 0 aliphatic carbocycles. The van der Waals surface area contributed by atoms with Gasteiger partial charge in [-0.05, 0) is 13.3 Å². The van der Waals surface area contributed by atoms with Crippen molar-refractivity contribution in [2.24, 2.45) is 0 Å². The molecular formula is C10H19N3O3. The number of carbonyl (C=O) groups excluding carboxylic acids is 2. The number of hydrogen-bond acceptors (Lipinski definition) is 4. The largest absolute Gasteiger partial charge is 0.393 e. The molecule has 0 radical (unpaired) electrons. The van der Waals surface area contributed by atoms with Crippen LogP contribution in [-0.2, 0) is 9.59 Å². The van der Waals surface area contributed by atoms with Gasteiger partial charge in [0, 0.05) is 20.1 Å². The summed E-state index contributed by atoms with van der Waals surface area (Å²) in [7, 11) is 1.70. The number of carbonyl (C=O) groups is 2. The molecule has 3 N–H and O–H groups in total. The minimum Gasteiger partial charge on any atom is -0.393 e. The standard InChI is InChI=1S/C10H19N3O3/c1-7(14)3-4-13(2)10(16)8-5-12-9(15)6-11-8/h7-8,11,14H,3-6H2,1-2H3,(H,12,15). The summed E-state index contributed by atoms with van der Waals surface area (Å²) in [6.45, 7) is 2.72. The van der Waals surface area contributed by atoms with E-state index < -0.39 is 6.10 Å². The predicted molar refractivity (Wildman–Crippen MR) is 58.7 cm³/mol. The van der Waals surface area contributed by atoms with Crippen molar-refractivity contribution in [3.05, 3.63) is 0 Å². The van der Waals surface area contributed by atoms with Crippen LogP contribution in [0.1, 0.15) is 13.3 Å². The summed E-state index contributed by atoms with van der Waals surface area (Å²) in [4.78, 5) is 24.3. The van der Waals surface area contributed by atoms with Crippen molar-refractivity contribution in [2.75, 3.05) is 26.7 Å². The van der Waals surface area contributed by atoms with Crippen molar-refractivity contribution in [1.29, 1.82) is 0 Å². The zero-order valence-corrected chi connectivity index (χ0v) is 9.69. The molecule has 0 aromatic heterocycles. The quantitative estimate of drug-likeness (QED) is 0.537. The van der Waals surface area contributed by atoms with Gasteiger partial charge in [-0.15, -0.1) is 0 Å². The maximum atomic E-state index is 11.8. The Hall–Kier alpha value is -1.14. The van der Waals surface area contributed by atoms with Gasteiger partial charge < -0.3 is 15.3 Å². The number of likely N-dealkylation sites (N-methyl/N-ethyl adjacent to an activating group) is 1. The number of hydrogen-bond donors (Lipinski definition) is 3. The molecule has 2 amide bonds. The van der Waals surface area contributed by atoms with Gasteiger partial charge in [0.25, 0.3) is 0 Å². The average Bonchev–Trinajstić information content (AvgIpc) is 2.26. The molecule has 0 aromatic rings. The van der Waals surface area contributed by atoms with E-state index in [4.69, 9.17) is 5.11 Å². The van der Waals surface area contributed by atoms with E-state index in [0.29, 0.717) is 19.5 Å². The molecule has 1 fully saturated rings. The molecule has 6 nitrogen and oxygen atoms in total. The maximum Gasteiger partial charge on any atom is 0.241 e. The highest BCUT2D eigenvalue weighted by molar-refractivity contribution is 5.86. The van der Waals surface area contributed by atoms with Gasteiger partial charge in [-0.1, -0.05) is 0 Å². The van der Waals surface area contributed by atoms with Crippen LogP contribution in [0.5, 0.6) is 0 Å². The van der Waals surface area contributed by atoms with Crippen LogP contribution in [0.3, 0.4) is 0 Å². The van der Waals surface area contributed by atoms with Gasteiger partial charge in [-0.25, -0.2) is 0 Å². The summed E-state index contributed by atoms with van der Waals surface area (Å²) in [6.07, 6.45) is 0.149. The van der Waals surface area contributed by atoms with E-state index in [0.717, 1.165) is 0 Å². The second kappa shape index (κ2) is 5.81. The summed E-state index contributed by atoms with van der Waals surface area (Å²) in [5.74, 6) is -0.142. The lowest BCUT2D eigenvalue weighted by Gasteiger charge is -2.27. The summed E-state index contributed by atoms with van der Waals surface area (Å²) < 4.78 is 0. The molecule has 0 aromatic carbocycles. The molecule has 2 atom stereocenters. The fourth-order valence-electron chi connectivity index (χ4n) is 1.50. The Balaban J connectivity index is 2.35. The summed E-state index contributed by atoms with van der Waals surface area (Å²) in [5.41, 5.74) is 0. The highest BCUT2D eigenvalue weighted by Gasteiger charge is 2.25. The number of nitrogens with zero attached hydrogens (tertiary/aromatic N) is 1. The molecule has 1 heterocycles. The molecular weight excluding hydrogens is 210 g/mol. The molecule has 1 aliphatic rings. The van der Waals surface area contributed by atoms with Crippen LogP contribution in [0.25, 0.3) is 0 Å². The fraction of sp³-hybridized carbons (Fsp3) is 0.800. The molecule has 1 aliphatic heterocycles. The molecule has 0 bridgehead atoms. The first-order valence-corrected chi connectivity index (χ1v) is 5.44. The number of piperazine rings is 1. The van der Waals surface area contributed by atoms with E-state index in [1.54, 1.807) is 18.9 Å². The molecule has 1 rings (SSSR count). The highest BCUT2D eigenvalue weighted by atomic mass is 16.3. The zero-order chi connectivity index (χ0) is 12.1. The van der Waals surface area contributed by atoms with Crippen LogP contribution >= 0.6 is 0 Å². The Kier molecular flexibility index (Phi) is 4.70. The number of aliphatic hydroxyl groups is 1. The molecule has 1 saturated heterocycles. The van der Waals surface area contributed by atoms with Crippen molar-refractivity contribution in [3.8, 4) is 0 Å². The number of amides is 2. The van der Waals surface area contributed by atoms with E-state index >= 15 is 0 Å². The van der Waals surface area contributed by atoms with Gasteiger partial charge in [0.2, 0.25) is 11.8 Å². The summed E-state index contributed by atoms with van der Waals surface area (Å²) in [5, 5.41) is 14.6. The Labute approximate surface area is 95.0 Å². The lowest BCUT2D eigenvalue weighted by Crippen LogP contribution is -2.58. The predicted octanol–water partition coefficient (Wildman–Crippen LogP) is -1.70. The van der Waals surface area contributed by atoms with Crippen molar-refractivity contribution in [2.45, 2.75) is 25.5 Å². The molecule has 0 saturated carbocycles. The second-order valence-electron chi connectivity index (χ2n) is 4.14.